The van der Waals surface area contributed by atoms with E-state index in [1.165, 1.54) is 0 Å². The third-order valence-electron chi connectivity index (χ3n) is 7.00. The summed E-state index contributed by atoms with van der Waals surface area (Å²) in [6.07, 6.45) is -3.71. The van der Waals surface area contributed by atoms with Gasteiger partial charge in [-0.25, -0.2) is 13.4 Å². The molecular weight excluding hydrogens is 577 g/mol. The van der Waals surface area contributed by atoms with Gasteiger partial charge in [-0.1, -0.05) is 32.0 Å². The Morgan fingerprint density at radius 1 is 1.14 bits per heavy atom. The lowest BCUT2D eigenvalue weighted by Crippen LogP contribution is -2.52. The molecule has 0 spiro atoms. The number of furan rings is 1. The molecule has 1 fully saturated rings. The van der Waals surface area contributed by atoms with E-state index in [9.17, 15) is 36.0 Å². The number of amides is 2. The fourth-order valence-electron chi connectivity index (χ4n) is 4.73. The molecule has 2 aromatic heterocycles. The Balaban J connectivity index is 1.47. The van der Waals surface area contributed by atoms with Gasteiger partial charge in [0.25, 0.3) is 15.9 Å². The van der Waals surface area contributed by atoms with Crippen molar-refractivity contribution in [3.05, 3.63) is 60.0 Å². The zero-order valence-electron chi connectivity index (χ0n) is 23.1. The Kier molecular flexibility index (Phi) is 9.06. The maximum atomic E-state index is 13.3. The van der Waals surface area contributed by atoms with Crippen LogP contribution in [0.25, 0.3) is 11.0 Å². The van der Waals surface area contributed by atoms with Crippen LogP contribution in [0.4, 0.5) is 13.2 Å². The molecule has 10 nitrogen and oxygen atoms in total. The summed E-state index contributed by atoms with van der Waals surface area (Å²) in [4.78, 5) is 42.9. The van der Waals surface area contributed by atoms with Crippen LogP contribution in [-0.2, 0) is 25.8 Å². The van der Waals surface area contributed by atoms with E-state index >= 15 is 0 Å². The van der Waals surface area contributed by atoms with Gasteiger partial charge < -0.3 is 15.1 Å². The molecule has 14 heteroatoms. The molecule has 2 N–H and O–H groups in total. The first-order chi connectivity index (χ1) is 19.7. The highest BCUT2D eigenvalue weighted by atomic mass is 32.2. The summed E-state index contributed by atoms with van der Waals surface area (Å²) in [5.74, 6) is -1.79. The number of benzene rings is 1. The van der Waals surface area contributed by atoms with Crippen molar-refractivity contribution in [2.75, 3.05) is 6.54 Å². The SMILES string of the molecule is CC(C)CC(NC(=O)c1cc2ccccc2o1)C(=O)NC1CCC(C)N(S(=O)(=O)c2ccc(C(F)(F)F)cn2)CC1=O. The lowest BCUT2D eigenvalue weighted by atomic mass is 10.0. The average molecular weight is 609 g/mol. The van der Waals surface area contributed by atoms with Gasteiger partial charge in [0.2, 0.25) is 5.91 Å². The quantitative estimate of drug-likeness (QED) is 0.395. The van der Waals surface area contributed by atoms with Crippen molar-refractivity contribution in [2.45, 2.75) is 69.4 Å². The predicted molar refractivity (Wildman–Crippen MR) is 146 cm³/mol. The van der Waals surface area contributed by atoms with E-state index in [1.54, 1.807) is 37.3 Å². The molecule has 0 radical (unpaired) electrons. The number of nitrogens with zero attached hydrogens (tertiary/aromatic N) is 2. The molecule has 1 saturated heterocycles. The first kappa shape index (κ1) is 31.2. The number of pyridine rings is 1. The van der Waals surface area contributed by atoms with Crippen LogP contribution < -0.4 is 10.6 Å². The summed E-state index contributed by atoms with van der Waals surface area (Å²) >= 11 is 0. The Morgan fingerprint density at radius 2 is 1.86 bits per heavy atom. The summed E-state index contributed by atoms with van der Waals surface area (Å²) in [6.45, 7) is 4.68. The lowest BCUT2D eigenvalue weighted by molar-refractivity contribution is -0.137. The van der Waals surface area contributed by atoms with Crippen molar-refractivity contribution in [1.82, 2.24) is 19.9 Å². The van der Waals surface area contributed by atoms with Crippen molar-refractivity contribution in [3.8, 4) is 0 Å². The average Bonchev–Trinajstić information content (AvgIpc) is 3.31. The van der Waals surface area contributed by atoms with Crippen LogP contribution in [-0.4, -0.2) is 60.0 Å². The molecular formula is C28H31F3N4O6S. The number of fused-ring (bicyclic) bond motifs is 1. The second-order valence-corrected chi connectivity index (χ2v) is 12.5. The van der Waals surface area contributed by atoms with E-state index in [0.717, 1.165) is 15.8 Å². The first-order valence-corrected chi connectivity index (χ1v) is 14.8. The summed E-state index contributed by atoms with van der Waals surface area (Å²) in [7, 11) is -4.42. The second kappa shape index (κ2) is 12.2. The molecule has 1 aliphatic heterocycles. The molecule has 3 unspecified atom stereocenters. The van der Waals surface area contributed by atoms with E-state index in [2.05, 4.69) is 15.6 Å². The van der Waals surface area contributed by atoms with Crippen molar-refractivity contribution >= 4 is 38.6 Å². The third kappa shape index (κ3) is 6.98. The number of carbonyl (C=O) groups is 3. The van der Waals surface area contributed by atoms with Gasteiger partial charge in [-0.15, -0.1) is 0 Å². The van der Waals surface area contributed by atoms with Crippen LogP contribution in [0.3, 0.4) is 0 Å². The van der Waals surface area contributed by atoms with Crippen LogP contribution in [0, 0.1) is 5.92 Å². The standard InChI is InChI=1S/C28H31F3N4O6S/c1-16(2)12-21(34-27(38)24-13-18-6-4-5-7-23(18)41-24)26(37)33-20-10-8-17(3)35(15-22(20)36)42(39,40)25-11-9-19(14-32-25)28(29,30)31/h4-7,9,11,13-14,16-17,20-21H,8,10,12,15H2,1-3H3,(H,33,37)(H,34,38). The fourth-order valence-corrected chi connectivity index (χ4v) is 6.27. The number of carbonyl (C=O) groups excluding carboxylic acids is 3. The largest absolute Gasteiger partial charge is 0.451 e. The zero-order valence-corrected chi connectivity index (χ0v) is 24.0. The minimum Gasteiger partial charge on any atom is -0.451 e. The monoisotopic (exact) mass is 608 g/mol. The van der Waals surface area contributed by atoms with Gasteiger partial charge in [-0.2, -0.15) is 17.5 Å². The predicted octanol–water partition coefficient (Wildman–Crippen LogP) is 3.92. The molecule has 0 saturated carbocycles. The van der Waals surface area contributed by atoms with Gasteiger partial charge in [0.15, 0.2) is 16.6 Å². The van der Waals surface area contributed by atoms with Crippen LogP contribution >= 0.6 is 0 Å². The van der Waals surface area contributed by atoms with Crippen molar-refractivity contribution in [3.63, 3.8) is 0 Å². The van der Waals surface area contributed by atoms with Crippen molar-refractivity contribution in [1.29, 1.82) is 0 Å². The van der Waals surface area contributed by atoms with Crippen LogP contribution in [0.2, 0.25) is 0 Å². The Hall–Kier alpha value is -3.78. The maximum absolute atomic E-state index is 13.3. The maximum Gasteiger partial charge on any atom is 0.417 e. The summed E-state index contributed by atoms with van der Waals surface area (Å²) < 4.78 is 71.6. The lowest BCUT2D eigenvalue weighted by Gasteiger charge is -2.25. The van der Waals surface area contributed by atoms with Crippen LogP contribution in [0.15, 0.2) is 58.1 Å². The molecule has 0 bridgehead atoms. The van der Waals surface area contributed by atoms with E-state index in [-0.39, 0.29) is 30.9 Å². The number of aromatic nitrogens is 1. The number of para-hydroxylation sites is 1. The molecule has 2 amide bonds. The molecule has 1 aliphatic rings. The molecule has 226 valence electrons. The molecule has 3 atom stereocenters. The highest BCUT2D eigenvalue weighted by molar-refractivity contribution is 7.89. The topological polar surface area (TPSA) is 139 Å². The number of alkyl halides is 3. The Bertz CT molecular complexity index is 1540. The van der Waals surface area contributed by atoms with Gasteiger partial charge in [0, 0.05) is 17.6 Å². The summed E-state index contributed by atoms with van der Waals surface area (Å²) in [5, 5.41) is 5.43. The highest BCUT2D eigenvalue weighted by Gasteiger charge is 2.39. The Labute approximate surface area is 240 Å². The van der Waals surface area contributed by atoms with Gasteiger partial charge in [0.1, 0.15) is 11.6 Å². The van der Waals surface area contributed by atoms with E-state index in [0.29, 0.717) is 17.8 Å². The summed E-state index contributed by atoms with van der Waals surface area (Å²) in [6, 6.07) is 7.22. The van der Waals surface area contributed by atoms with Gasteiger partial charge >= 0.3 is 6.18 Å². The number of rotatable bonds is 8. The minimum atomic E-state index is -4.69. The third-order valence-corrected chi connectivity index (χ3v) is 8.87. The van der Waals surface area contributed by atoms with Gasteiger partial charge in [-0.3, -0.25) is 14.4 Å². The smallest absolute Gasteiger partial charge is 0.417 e. The summed E-state index contributed by atoms with van der Waals surface area (Å²) in [5.41, 5.74) is -0.593. The van der Waals surface area contributed by atoms with Crippen LogP contribution in [0.5, 0.6) is 0 Å². The highest BCUT2D eigenvalue weighted by Crippen LogP contribution is 2.30. The molecule has 0 aliphatic carbocycles. The Morgan fingerprint density at radius 3 is 2.48 bits per heavy atom. The molecule has 3 heterocycles. The zero-order chi connectivity index (χ0) is 30.8. The van der Waals surface area contributed by atoms with Crippen molar-refractivity contribution < 1.29 is 40.4 Å². The molecule has 4 rings (SSSR count). The number of sulfonamides is 1. The van der Waals surface area contributed by atoms with E-state index < -0.39 is 69.1 Å². The van der Waals surface area contributed by atoms with Gasteiger partial charge in [-0.05, 0) is 56.4 Å². The first-order valence-electron chi connectivity index (χ1n) is 13.3. The second-order valence-electron chi connectivity index (χ2n) is 10.7. The van der Waals surface area contributed by atoms with E-state index in [4.69, 9.17) is 4.42 Å². The minimum absolute atomic E-state index is 0.00144. The molecule has 42 heavy (non-hydrogen) atoms. The number of ketones is 1. The van der Waals surface area contributed by atoms with E-state index in [1.807, 2.05) is 13.8 Å². The van der Waals surface area contributed by atoms with Crippen LogP contribution in [0.1, 0.15) is 56.2 Å². The fraction of sp³-hybridized carbons (Fsp3) is 0.429. The number of halogens is 3. The number of Topliss-reactive ketones (excluding diaryl/α,β-unsaturated/α-hetero) is 1. The van der Waals surface area contributed by atoms with Gasteiger partial charge in [0.05, 0.1) is 18.2 Å². The number of nitrogens with one attached hydrogen (secondary N) is 2. The number of hydrogen-bond acceptors (Lipinski definition) is 7. The molecule has 3 aromatic rings. The normalized spacial score (nSPS) is 19.5. The molecule has 1 aromatic carbocycles. The van der Waals surface area contributed by atoms with Crippen molar-refractivity contribution in [2.24, 2.45) is 5.92 Å². The number of hydrogen-bond donors (Lipinski definition) is 2.